The van der Waals surface area contributed by atoms with Crippen LogP contribution in [0.2, 0.25) is 0 Å². The van der Waals surface area contributed by atoms with Crippen molar-refractivity contribution >= 4 is 22.8 Å². The van der Waals surface area contributed by atoms with Gasteiger partial charge in [0.25, 0.3) is 0 Å². The number of H-pyrrole nitrogens is 1. The van der Waals surface area contributed by atoms with Gasteiger partial charge < -0.3 is 10.3 Å². The van der Waals surface area contributed by atoms with Crippen molar-refractivity contribution in [2.75, 3.05) is 5.32 Å². The highest BCUT2D eigenvalue weighted by Crippen LogP contribution is 2.18. The number of rotatable bonds is 3. The maximum absolute atomic E-state index is 11.6. The predicted octanol–water partition coefficient (Wildman–Crippen LogP) is 2.41. The van der Waals surface area contributed by atoms with Crippen molar-refractivity contribution < 1.29 is 4.79 Å². The number of benzene rings is 1. The standard InChI is InChI=1S/C14H15N5O/c1-3-13(20)17-12-8-9(2)18-19(12)14-15-10-6-4-5-7-11(10)16-14/h4-8H,3H2,1-2H3,(H,15,16)(H,17,20). The molecule has 1 amide bonds. The van der Waals surface area contributed by atoms with Gasteiger partial charge in [0, 0.05) is 12.5 Å². The number of hydrogen-bond donors (Lipinski definition) is 2. The molecule has 6 nitrogen and oxygen atoms in total. The number of aryl methyl sites for hydroxylation is 1. The second-order valence-corrected chi connectivity index (χ2v) is 4.56. The Morgan fingerprint density at radius 2 is 2.20 bits per heavy atom. The predicted molar refractivity (Wildman–Crippen MR) is 76.9 cm³/mol. The topological polar surface area (TPSA) is 75.6 Å². The summed E-state index contributed by atoms with van der Waals surface area (Å²) in [4.78, 5) is 19.2. The minimum absolute atomic E-state index is 0.0535. The average Bonchev–Trinajstić information content (AvgIpc) is 3.01. The number of anilines is 1. The third kappa shape index (κ3) is 2.16. The third-order valence-electron chi connectivity index (χ3n) is 3.00. The smallest absolute Gasteiger partial charge is 0.231 e. The Kier molecular flexibility index (Phi) is 2.98. The Balaban J connectivity index is 2.06. The molecule has 0 aliphatic heterocycles. The van der Waals surface area contributed by atoms with Crippen molar-refractivity contribution in [3.05, 3.63) is 36.0 Å². The van der Waals surface area contributed by atoms with E-state index in [1.807, 2.05) is 44.2 Å². The maximum Gasteiger partial charge on any atom is 0.231 e. The molecular formula is C14H15N5O. The quantitative estimate of drug-likeness (QED) is 0.766. The van der Waals surface area contributed by atoms with Crippen LogP contribution in [0.4, 0.5) is 5.82 Å². The minimum Gasteiger partial charge on any atom is -0.322 e. The highest BCUT2D eigenvalue weighted by Gasteiger charge is 2.13. The Hall–Kier alpha value is -2.63. The van der Waals surface area contributed by atoms with Crippen LogP contribution < -0.4 is 5.32 Å². The van der Waals surface area contributed by atoms with Gasteiger partial charge in [0.2, 0.25) is 11.9 Å². The van der Waals surface area contributed by atoms with E-state index in [-0.39, 0.29) is 5.91 Å². The van der Waals surface area contributed by atoms with Gasteiger partial charge in [0.15, 0.2) is 0 Å². The fraction of sp³-hybridized carbons (Fsp3) is 0.214. The van der Waals surface area contributed by atoms with E-state index < -0.39 is 0 Å². The van der Waals surface area contributed by atoms with Crippen LogP contribution in [0.3, 0.4) is 0 Å². The first-order valence-corrected chi connectivity index (χ1v) is 6.49. The molecule has 6 heteroatoms. The molecule has 0 saturated heterocycles. The molecular weight excluding hydrogens is 254 g/mol. The van der Waals surface area contributed by atoms with E-state index >= 15 is 0 Å². The molecule has 3 rings (SSSR count). The van der Waals surface area contributed by atoms with Crippen LogP contribution in [-0.4, -0.2) is 25.7 Å². The van der Waals surface area contributed by atoms with Gasteiger partial charge in [0.05, 0.1) is 16.7 Å². The van der Waals surface area contributed by atoms with Crippen molar-refractivity contribution in [2.24, 2.45) is 0 Å². The number of nitrogens with zero attached hydrogens (tertiary/aromatic N) is 3. The van der Waals surface area contributed by atoms with Crippen LogP contribution in [0.5, 0.6) is 0 Å². The molecule has 2 aromatic heterocycles. The number of nitrogens with one attached hydrogen (secondary N) is 2. The lowest BCUT2D eigenvalue weighted by Crippen LogP contribution is -2.14. The van der Waals surface area contributed by atoms with Crippen molar-refractivity contribution in [3.8, 4) is 5.95 Å². The molecule has 1 aromatic carbocycles. The number of fused-ring (bicyclic) bond motifs is 1. The fourth-order valence-electron chi connectivity index (χ4n) is 2.02. The number of hydrogen-bond acceptors (Lipinski definition) is 3. The van der Waals surface area contributed by atoms with Crippen LogP contribution >= 0.6 is 0 Å². The lowest BCUT2D eigenvalue weighted by Gasteiger charge is -2.04. The Bertz CT molecular complexity index is 738. The van der Waals surface area contributed by atoms with Gasteiger partial charge in [-0.1, -0.05) is 19.1 Å². The summed E-state index contributed by atoms with van der Waals surface area (Å²) in [6.45, 7) is 3.69. The van der Waals surface area contributed by atoms with Crippen LogP contribution in [0.25, 0.3) is 17.0 Å². The first-order valence-electron chi connectivity index (χ1n) is 6.49. The number of aromatic amines is 1. The van der Waals surface area contributed by atoms with E-state index in [0.29, 0.717) is 18.2 Å². The van der Waals surface area contributed by atoms with E-state index in [1.54, 1.807) is 4.68 Å². The van der Waals surface area contributed by atoms with E-state index in [2.05, 4.69) is 20.4 Å². The molecule has 0 fully saturated rings. The summed E-state index contributed by atoms with van der Waals surface area (Å²) in [5, 5.41) is 7.20. The van der Waals surface area contributed by atoms with Gasteiger partial charge in [-0.2, -0.15) is 9.78 Å². The molecule has 0 bridgehead atoms. The molecule has 0 atom stereocenters. The molecule has 20 heavy (non-hydrogen) atoms. The molecule has 0 radical (unpaired) electrons. The summed E-state index contributed by atoms with van der Waals surface area (Å²) in [6.07, 6.45) is 0.421. The van der Waals surface area contributed by atoms with Crippen molar-refractivity contribution in [1.82, 2.24) is 19.7 Å². The van der Waals surface area contributed by atoms with Crippen LogP contribution in [0.1, 0.15) is 19.0 Å². The summed E-state index contributed by atoms with van der Waals surface area (Å²) in [6, 6.07) is 9.57. The van der Waals surface area contributed by atoms with Gasteiger partial charge in [-0.15, -0.1) is 0 Å². The van der Waals surface area contributed by atoms with Gasteiger partial charge in [-0.3, -0.25) is 4.79 Å². The van der Waals surface area contributed by atoms with E-state index in [4.69, 9.17) is 0 Å². The summed E-state index contributed by atoms with van der Waals surface area (Å²) in [5.74, 6) is 1.15. The van der Waals surface area contributed by atoms with Crippen LogP contribution in [0.15, 0.2) is 30.3 Å². The molecule has 2 heterocycles. The van der Waals surface area contributed by atoms with Crippen molar-refractivity contribution in [2.45, 2.75) is 20.3 Å². The highest BCUT2D eigenvalue weighted by molar-refractivity contribution is 5.90. The number of carbonyl (C=O) groups is 1. The molecule has 0 aliphatic rings. The first-order chi connectivity index (χ1) is 9.67. The summed E-state index contributed by atoms with van der Waals surface area (Å²) in [5.41, 5.74) is 2.61. The second kappa shape index (κ2) is 4.80. The summed E-state index contributed by atoms with van der Waals surface area (Å²) < 4.78 is 1.61. The number of imidazole rings is 1. The van der Waals surface area contributed by atoms with E-state index in [9.17, 15) is 4.79 Å². The van der Waals surface area contributed by atoms with Crippen molar-refractivity contribution in [3.63, 3.8) is 0 Å². The number of para-hydroxylation sites is 2. The molecule has 0 saturated carbocycles. The number of carbonyl (C=O) groups excluding carboxylic acids is 1. The first kappa shape index (κ1) is 12.4. The fourth-order valence-corrected chi connectivity index (χ4v) is 2.02. The number of aromatic nitrogens is 4. The zero-order chi connectivity index (χ0) is 14.1. The Labute approximate surface area is 115 Å². The number of amides is 1. The zero-order valence-corrected chi connectivity index (χ0v) is 11.3. The molecule has 0 aliphatic carbocycles. The summed E-state index contributed by atoms with van der Waals surface area (Å²) >= 11 is 0. The lowest BCUT2D eigenvalue weighted by atomic mass is 10.3. The largest absolute Gasteiger partial charge is 0.322 e. The SMILES string of the molecule is CCC(=O)Nc1cc(C)nn1-c1nc2ccccc2[nH]1. The highest BCUT2D eigenvalue weighted by atomic mass is 16.1. The van der Waals surface area contributed by atoms with Gasteiger partial charge in [-0.25, -0.2) is 4.98 Å². The zero-order valence-electron chi connectivity index (χ0n) is 11.3. The normalized spacial score (nSPS) is 10.9. The molecule has 102 valence electrons. The van der Waals surface area contributed by atoms with Gasteiger partial charge in [-0.05, 0) is 19.1 Å². The van der Waals surface area contributed by atoms with Gasteiger partial charge in [0.1, 0.15) is 5.82 Å². The van der Waals surface area contributed by atoms with Crippen molar-refractivity contribution in [1.29, 1.82) is 0 Å². The second-order valence-electron chi connectivity index (χ2n) is 4.56. The minimum atomic E-state index is -0.0535. The van der Waals surface area contributed by atoms with Crippen LogP contribution in [-0.2, 0) is 4.79 Å². The maximum atomic E-state index is 11.6. The van der Waals surface area contributed by atoms with Crippen LogP contribution in [0, 0.1) is 6.92 Å². The Morgan fingerprint density at radius 3 is 2.95 bits per heavy atom. The van der Waals surface area contributed by atoms with E-state index in [0.717, 1.165) is 16.7 Å². The molecule has 0 unspecified atom stereocenters. The lowest BCUT2D eigenvalue weighted by molar-refractivity contribution is -0.115. The monoisotopic (exact) mass is 269 g/mol. The van der Waals surface area contributed by atoms with E-state index in [1.165, 1.54) is 0 Å². The molecule has 2 N–H and O–H groups in total. The van der Waals surface area contributed by atoms with Gasteiger partial charge >= 0.3 is 0 Å². The molecule has 3 aromatic rings. The molecule has 0 spiro atoms. The average molecular weight is 269 g/mol. The Morgan fingerprint density at radius 1 is 1.40 bits per heavy atom. The third-order valence-corrected chi connectivity index (χ3v) is 3.00. The summed E-state index contributed by atoms with van der Waals surface area (Å²) in [7, 11) is 0.